The molecule has 3 nitrogen and oxygen atoms in total. The van der Waals surface area contributed by atoms with Gasteiger partial charge in [-0.05, 0) is 30.5 Å². The van der Waals surface area contributed by atoms with Gasteiger partial charge in [0.1, 0.15) is 5.69 Å². The van der Waals surface area contributed by atoms with E-state index in [1.165, 1.54) is 5.56 Å². The lowest BCUT2D eigenvalue weighted by atomic mass is 10.1. The summed E-state index contributed by atoms with van der Waals surface area (Å²) in [6.45, 7) is 2.65. The second kappa shape index (κ2) is 6.06. The van der Waals surface area contributed by atoms with E-state index in [0.29, 0.717) is 6.54 Å². The van der Waals surface area contributed by atoms with Gasteiger partial charge in [0.15, 0.2) is 0 Å². The van der Waals surface area contributed by atoms with E-state index in [0.717, 1.165) is 28.6 Å². The lowest BCUT2D eigenvalue weighted by molar-refractivity contribution is 0.0946. The highest BCUT2D eigenvalue weighted by Gasteiger charge is 2.17. The topological polar surface area (TPSA) is 34.0 Å². The maximum Gasteiger partial charge on any atom is 0.268 e. The summed E-state index contributed by atoms with van der Waals surface area (Å²) in [5.41, 5.74) is 4.11. The van der Waals surface area contributed by atoms with E-state index in [2.05, 4.69) is 23.5 Å². The highest BCUT2D eigenvalue weighted by molar-refractivity contribution is 6.01. The molecule has 0 saturated heterocycles. The SMILES string of the molecule is Cc1c(C(=O)NCCc2ccccc2)n(C)c2ccccc12. The number of carbonyl (C=O) groups excluding carboxylic acids is 1. The first-order valence-electron chi connectivity index (χ1n) is 7.54. The highest BCUT2D eigenvalue weighted by Crippen LogP contribution is 2.24. The zero-order valence-electron chi connectivity index (χ0n) is 13.0. The van der Waals surface area contributed by atoms with E-state index in [-0.39, 0.29) is 5.91 Å². The van der Waals surface area contributed by atoms with Crippen molar-refractivity contribution in [3.05, 3.63) is 71.4 Å². The second-order valence-corrected chi connectivity index (χ2v) is 5.54. The van der Waals surface area contributed by atoms with E-state index in [1.54, 1.807) is 0 Å². The fourth-order valence-electron chi connectivity index (χ4n) is 2.95. The number of aromatic nitrogens is 1. The Hall–Kier alpha value is -2.55. The Labute approximate surface area is 130 Å². The summed E-state index contributed by atoms with van der Waals surface area (Å²) in [6.07, 6.45) is 0.843. The summed E-state index contributed by atoms with van der Waals surface area (Å²) >= 11 is 0. The van der Waals surface area contributed by atoms with E-state index >= 15 is 0 Å². The molecule has 1 amide bonds. The van der Waals surface area contributed by atoms with Gasteiger partial charge in [-0.1, -0.05) is 48.5 Å². The minimum Gasteiger partial charge on any atom is -0.350 e. The molecule has 0 atom stereocenters. The molecule has 0 aliphatic heterocycles. The molecular formula is C19H20N2O. The molecule has 2 aromatic carbocycles. The van der Waals surface area contributed by atoms with Crippen molar-refractivity contribution in [3.63, 3.8) is 0 Å². The Morgan fingerprint density at radius 3 is 2.45 bits per heavy atom. The predicted molar refractivity (Wildman–Crippen MR) is 90.1 cm³/mol. The third-order valence-corrected chi connectivity index (χ3v) is 4.12. The fourth-order valence-corrected chi connectivity index (χ4v) is 2.95. The van der Waals surface area contributed by atoms with Crippen LogP contribution in [0.2, 0.25) is 0 Å². The standard InChI is InChI=1S/C19H20N2O/c1-14-16-10-6-7-11-17(16)21(2)18(14)19(22)20-13-12-15-8-4-3-5-9-15/h3-11H,12-13H2,1-2H3,(H,20,22). The van der Waals surface area contributed by atoms with Crippen LogP contribution in [0.25, 0.3) is 10.9 Å². The molecule has 0 aliphatic rings. The van der Waals surface area contributed by atoms with Crippen molar-refractivity contribution in [2.24, 2.45) is 7.05 Å². The van der Waals surface area contributed by atoms with E-state index in [4.69, 9.17) is 0 Å². The minimum absolute atomic E-state index is 0.00729. The van der Waals surface area contributed by atoms with Crippen molar-refractivity contribution in [3.8, 4) is 0 Å². The molecule has 1 heterocycles. The van der Waals surface area contributed by atoms with Gasteiger partial charge in [-0.3, -0.25) is 4.79 Å². The number of benzene rings is 2. The van der Waals surface area contributed by atoms with Gasteiger partial charge < -0.3 is 9.88 Å². The largest absolute Gasteiger partial charge is 0.350 e. The Morgan fingerprint density at radius 1 is 1.05 bits per heavy atom. The quantitative estimate of drug-likeness (QED) is 0.785. The van der Waals surface area contributed by atoms with Crippen LogP contribution < -0.4 is 5.32 Å². The minimum atomic E-state index is -0.00729. The first-order valence-corrected chi connectivity index (χ1v) is 7.54. The molecule has 0 spiro atoms. The Morgan fingerprint density at radius 2 is 1.73 bits per heavy atom. The molecule has 1 N–H and O–H groups in total. The molecule has 0 fully saturated rings. The summed E-state index contributed by atoms with van der Waals surface area (Å²) in [7, 11) is 1.95. The van der Waals surface area contributed by atoms with E-state index < -0.39 is 0 Å². The monoisotopic (exact) mass is 292 g/mol. The highest BCUT2D eigenvalue weighted by atomic mass is 16.1. The van der Waals surface area contributed by atoms with Crippen molar-refractivity contribution < 1.29 is 4.79 Å². The van der Waals surface area contributed by atoms with Gasteiger partial charge in [0.05, 0.1) is 0 Å². The van der Waals surface area contributed by atoms with Crippen LogP contribution in [0.15, 0.2) is 54.6 Å². The van der Waals surface area contributed by atoms with Crippen molar-refractivity contribution in [2.45, 2.75) is 13.3 Å². The first-order chi connectivity index (χ1) is 10.7. The number of amides is 1. The van der Waals surface area contributed by atoms with Crippen LogP contribution in [-0.4, -0.2) is 17.0 Å². The number of fused-ring (bicyclic) bond motifs is 1. The van der Waals surface area contributed by atoms with Gasteiger partial charge in [0.2, 0.25) is 0 Å². The van der Waals surface area contributed by atoms with Gasteiger partial charge in [-0.2, -0.15) is 0 Å². The summed E-state index contributed by atoms with van der Waals surface area (Å²) in [6, 6.07) is 18.3. The Bertz CT molecular complexity index is 764. The molecule has 3 aromatic rings. The molecule has 0 unspecified atom stereocenters. The maximum absolute atomic E-state index is 12.5. The predicted octanol–water partition coefficient (Wildman–Crippen LogP) is 3.46. The first kappa shape index (κ1) is 14.4. The van der Waals surface area contributed by atoms with Crippen molar-refractivity contribution in [2.75, 3.05) is 6.54 Å². The molecule has 0 radical (unpaired) electrons. The number of rotatable bonds is 4. The zero-order valence-corrected chi connectivity index (χ0v) is 13.0. The molecule has 0 bridgehead atoms. The van der Waals surface area contributed by atoms with Crippen LogP contribution in [0.4, 0.5) is 0 Å². The molecule has 3 heteroatoms. The van der Waals surface area contributed by atoms with Gasteiger partial charge in [-0.15, -0.1) is 0 Å². The number of aryl methyl sites for hydroxylation is 2. The van der Waals surface area contributed by atoms with E-state index in [1.807, 2.05) is 54.9 Å². The maximum atomic E-state index is 12.5. The molecular weight excluding hydrogens is 272 g/mol. The van der Waals surface area contributed by atoms with Crippen LogP contribution in [0, 0.1) is 6.92 Å². The van der Waals surface area contributed by atoms with Crippen molar-refractivity contribution >= 4 is 16.8 Å². The zero-order chi connectivity index (χ0) is 15.5. The van der Waals surface area contributed by atoms with Crippen LogP contribution in [-0.2, 0) is 13.5 Å². The molecule has 0 aliphatic carbocycles. The summed E-state index contributed by atoms with van der Waals surface area (Å²) in [5, 5.41) is 4.17. The molecule has 22 heavy (non-hydrogen) atoms. The molecule has 0 saturated carbocycles. The average Bonchev–Trinajstić information content (AvgIpc) is 2.80. The number of hydrogen-bond donors (Lipinski definition) is 1. The molecule has 1 aromatic heterocycles. The fraction of sp³-hybridized carbons (Fsp3) is 0.211. The Kier molecular flexibility index (Phi) is 3.96. The summed E-state index contributed by atoms with van der Waals surface area (Å²) < 4.78 is 1.97. The van der Waals surface area contributed by atoms with Crippen LogP contribution in [0.1, 0.15) is 21.6 Å². The lowest BCUT2D eigenvalue weighted by Crippen LogP contribution is -2.28. The lowest BCUT2D eigenvalue weighted by Gasteiger charge is -2.08. The normalized spacial score (nSPS) is 10.8. The summed E-state index contributed by atoms with van der Waals surface area (Å²) in [4.78, 5) is 12.5. The molecule has 3 rings (SSSR count). The third-order valence-electron chi connectivity index (χ3n) is 4.12. The van der Waals surface area contributed by atoms with Crippen molar-refractivity contribution in [1.29, 1.82) is 0 Å². The van der Waals surface area contributed by atoms with Crippen LogP contribution in [0.3, 0.4) is 0 Å². The summed E-state index contributed by atoms with van der Waals surface area (Å²) in [5.74, 6) is -0.00729. The molecule has 112 valence electrons. The Balaban J connectivity index is 1.75. The van der Waals surface area contributed by atoms with Crippen LogP contribution in [0.5, 0.6) is 0 Å². The third kappa shape index (κ3) is 2.62. The number of nitrogens with zero attached hydrogens (tertiary/aromatic N) is 1. The van der Waals surface area contributed by atoms with Crippen LogP contribution >= 0.6 is 0 Å². The number of nitrogens with one attached hydrogen (secondary N) is 1. The number of para-hydroxylation sites is 1. The number of hydrogen-bond acceptors (Lipinski definition) is 1. The van der Waals surface area contributed by atoms with Gasteiger partial charge in [0.25, 0.3) is 5.91 Å². The van der Waals surface area contributed by atoms with Gasteiger partial charge >= 0.3 is 0 Å². The van der Waals surface area contributed by atoms with Gasteiger partial charge in [-0.25, -0.2) is 0 Å². The van der Waals surface area contributed by atoms with Crippen molar-refractivity contribution in [1.82, 2.24) is 9.88 Å². The smallest absolute Gasteiger partial charge is 0.268 e. The van der Waals surface area contributed by atoms with Gasteiger partial charge in [0, 0.05) is 24.5 Å². The van der Waals surface area contributed by atoms with E-state index in [9.17, 15) is 4.79 Å². The average molecular weight is 292 g/mol. The second-order valence-electron chi connectivity index (χ2n) is 5.54. The number of carbonyl (C=O) groups is 1.